The molecule has 3 rings (SSSR count). The molecule has 0 spiro atoms. The zero-order valence-electron chi connectivity index (χ0n) is 14.7. The SMILES string of the molecule is Cc1ccc2c(c1)CN(C(=O)Cc1c(C)n[nH]c1C)C(C)(C)C2. The third kappa shape index (κ3) is 2.90. The fourth-order valence-corrected chi connectivity index (χ4v) is 3.53. The predicted octanol–water partition coefficient (Wildman–Crippen LogP) is 3.24. The minimum Gasteiger partial charge on any atom is -0.333 e. The van der Waals surface area contributed by atoms with Gasteiger partial charge in [-0.25, -0.2) is 0 Å². The number of nitrogens with one attached hydrogen (secondary N) is 1. The van der Waals surface area contributed by atoms with Crippen molar-refractivity contribution in [2.45, 2.75) is 59.5 Å². The molecule has 0 radical (unpaired) electrons. The third-order valence-corrected chi connectivity index (χ3v) is 4.95. The zero-order valence-corrected chi connectivity index (χ0v) is 14.7. The van der Waals surface area contributed by atoms with Crippen LogP contribution < -0.4 is 0 Å². The molecule has 1 aromatic heterocycles. The van der Waals surface area contributed by atoms with Gasteiger partial charge in [-0.05, 0) is 52.2 Å². The number of hydrogen-bond donors (Lipinski definition) is 1. The monoisotopic (exact) mass is 311 g/mol. The minimum absolute atomic E-state index is 0.162. The molecule has 0 atom stereocenters. The van der Waals surface area contributed by atoms with Crippen LogP contribution in [0.2, 0.25) is 0 Å². The standard InChI is InChI=1S/C19H25N3O/c1-12-6-7-15-10-19(4,5)22(11-16(15)8-12)18(23)9-17-13(2)20-21-14(17)3/h6-8H,9-11H2,1-5H3,(H,20,21). The molecule has 122 valence electrons. The molecule has 0 saturated carbocycles. The van der Waals surface area contributed by atoms with Crippen LogP contribution >= 0.6 is 0 Å². The molecule has 0 bridgehead atoms. The van der Waals surface area contributed by atoms with Gasteiger partial charge in [0, 0.05) is 23.3 Å². The number of aryl methyl sites for hydroxylation is 3. The largest absolute Gasteiger partial charge is 0.333 e. The number of carbonyl (C=O) groups excluding carboxylic acids is 1. The Balaban J connectivity index is 1.88. The first kappa shape index (κ1) is 15.8. The highest BCUT2D eigenvalue weighted by molar-refractivity contribution is 5.80. The number of amides is 1. The number of aromatic nitrogens is 2. The van der Waals surface area contributed by atoms with Crippen molar-refractivity contribution in [1.29, 1.82) is 0 Å². The maximum Gasteiger partial charge on any atom is 0.227 e. The van der Waals surface area contributed by atoms with Gasteiger partial charge in [0.1, 0.15) is 0 Å². The van der Waals surface area contributed by atoms with Crippen LogP contribution in [-0.2, 0) is 24.2 Å². The van der Waals surface area contributed by atoms with Crippen molar-refractivity contribution < 1.29 is 4.79 Å². The van der Waals surface area contributed by atoms with Crippen LogP contribution in [0.25, 0.3) is 0 Å². The van der Waals surface area contributed by atoms with Gasteiger partial charge in [-0.15, -0.1) is 0 Å². The molecule has 0 fully saturated rings. The van der Waals surface area contributed by atoms with Gasteiger partial charge in [0.25, 0.3) is 0 Å². The summed E-state index contributed by atoms with van der Waals surface area (Å²) in [4.78, 5) is 15.0. The van der Waals surface area contributed by atoms with E-state index in [1.165, 1.54) is 16.7 Å². The van der Waals surface area contributed by atoms with E-state index in [9.17, 15) is 4.79 Å². The van der Waals surface area contributed by atoms with E-state index < -0.39 is 0 Å². The van der Waals surface area contributed by atoms with Crippen LogP contribution in [0.3, 0.4) is 0 Å². The lowest BCUT2D eigenvalue weighted by atomic mass is 9.84. The Hall–Kier alpha value is -2.10. The lowest BCUT2D eigenvalue weighted by molar-refractivity contribution is -0.137. The summed E-state index contributed by atoms with van der Waals surface area (Å²) in [5, 5.41) is 7.17. The number of fused-ring (bicyclic) bond motifs is 1. The minimum atomic E-state index is -0.162. The van der Waals surface area contributed by atoms with Crippen molar-refractivity contribution in [3.63, 3.8) is 0 Å². The Labute approximate surface area is 137 Å². The molecule has 1 aromatic carbocycles. The number of benzene rings is 1. The van der Waals surface area contributed by atoms with Gasteiger partial charge < -0.3 is 4.90 Å². The fourth-order valence-electron chi connectivity index (χ4n) is 3.53. The summed E-state index contributed by atoms with van der Waals surface area (Å²) < 4.78 is 0. The normalized spacial score (nSPS) is 16.3. The maximum atomic E-state index is 13.0. The second kappa shape index (κ2) is 5.52. The molecule has 2 heterocycles. The van der Waals surface area contributed by atoms with Gasteiger partial charge in [-0.1, -0.05) is 23.8 Å². The molecule has 0 unspecified atom stereocenters. The number of rotatable bonds is 2. The summed E-state index contributed by atoms with van der Waals surface area (Å²) in [5.74, 6) is 0.176. The maximum absolute atomic E-state index is 13.0. The molecule has 4 heteroatoms. The van der Waals surface area contributed by atoms with E-state index in [1.54, 1.807) is 0 Å². The number of hydrogen-bond acceptors (Lipinski definition) is 2. The summed E-state index contributed by atoms with van der Waals surface area (Å²) >= 11 is 0. The molecule has 1 aliphatic rings. The molecule has 4 nitrogen and oxygen atoms in total. The van der Waals surface area contributed by atoms with E-state index in [0.29, 0.717) is 13.0 Å². The number of nitrogens with zero attached hydrogens (tertiary/aromatic N) is 2. The van der Waals surface area contributed by atoms with Gasteiger partial charge in [-0.3, -0.25) is 9.89 Å². The van der Waals surface area contributed by atoms with Crippen molar-refractivity contribution in [2.24, 2.45) is 0 Å². The topological polar surface area (TPSA) is 49.0 Å². The molecule has 23 heavy (non-hydrogen) atoms. The Morgan fingerprint density at radius 3 is 2.65 bits per heavy atom. The first-order chi connectivity index (χ1) is 10.8. The molecular weight excluding hydrogens is 286 g/mol. The molecule has 0 aliphatic carbocycles. The Morgan fingerprint density at radius 2 is 2.00 bits per heavy atom. The second-order valence-electron chi connectivity index (χ2n) is 7.33. The number of carbonyl (C=O) groups is 1. The van der Waals surface area contributed by atoms with Crippen molar-refractivity contribution >= 4 is 5.91 Å². The summed E-state index contributed by atoms with van der Waals surface area (Å²) in [7, 11) is 0. The van der Waals surface area contributed by atoms with Gasteiger partial charge in [-0.2, -0.15) is 5.10 Å². The van der Waals surface area contributed by atoms with Gasteiger partial charge in [0.15, 0.2) is 0 Å². The smallest absolute Gasteiger partial charge is 0.227 e. The second-order valence-corrected chi connectivity index (χ2v) is 7.33. The average Bonchev–Trinajstić information content (AvgIpc) is 2.78. The molecular formula is C19H25N3O. The molecule has 1 amide bonds. The van der Waals surface area contributed by atoms with E-state index in [1.807, 2.05) is 18.7 Å². The summed E-state index contributed by atoms with van der Waals surface area (Å²) in [6.45, 7) is 11.0. The van der Waals surface area contributed by atoms with Crippen LogP contribution in [0.4, 0.5) is 0 Å². The summed E-state index contributed by atoms with van der Waals surface area (Å²) in [6.07, 6.45) is 1.32. The van der Waals surface area contributed by atoms with Crippen molar-refractivity contribution in [3.05, 3.63) is 51.8 Å². The van der Waals surface area contributed by atoms with E-state index >= 15 is 0 Å². The van der Waals surface area contributed by atoms with Crippen LogP contribution in [0, 0.1) is 20.8 Å². The highest BCUT2D eigenvalue weighted by atomic mass is 16.2. The van der Waals surface area contributed by atoms with E-state index in [4.69, 9.17) is 0 Å². The predicted molar refractivity (Wildman–Crippen MR) is 91.3 cm³/mol. The highest BCUT2D eigenvalue weighted by Crippen LogP contribution is 2.32. The van der Waals surface area contributed by atoms with E-state index in [2.05, 4.69) is 49.2 Å². The lowest BCUT2D eigenvalue weighted by Crippen LogP contribution is -2.52. The summed E-state index contributed by atoms with van der Waals surface area (Å²) in [5.41, 5.74) is 6.66. The van der Waals surface area contributed by atoms with Gasteiger partial charge in [0.2, 0.25) is 5.91 Å². The highest BCUT2D eigenvalue weighted by Gasteiger charge is 2.36. The quantitative estimate of drug-likeness (QED) is 0.925. The van der Waals surface area contributed by atoms with Crippen molar-refractivity contribution in [1.82, 2.24) is 15.1 Å². The first-order valence-electron chi connectivity index (χ1n) is 8.17. The van der Waals surface area contributed by atoms with Gasteiger partial charge >= 0.3 is 0 Å². The third-order valence-electron chi connectivity index (χ3n) is 4.95. The van der Waals surface area contributed by atoms with Crippen molar-refractivity contribution in [2.75, 3.05) is 0 Å². The number of aromatic amines is 1. The Bertz CT molecular complexity index is 738. The Morgan fingerprint density at radius 1 is 1.26 bits per heavy atom. The van der Waals surface area contributed by atoms with Crippen LogP contribution in [0.15, 0.2) is 18.2 Å². The lowest BCUT2D eigenvalue weighted by Gasteiger charge is -2.43. The van der Waals surface area contributed by atoms with Crippen LogP contribution in [0.1, 0.15) is 47.5 Å². The van der Waals surface area contributed by atoms with Crippen LogP contribution in [-0.4, -0.2) is 26.5 Å². The average molecular weight is 311 g/mol. The van der Waals surface area contributed by atoms with E-state index in [0.717, 1.165) is 23.4 Å². The van der Waals surface area contributed by atoms with Gasteiger partial charge in [0.05, 0.1) is 12.1 Å². The summed E-state index contributed by atoms with van der Waals surface area (Å²) in [6, 6.07) is 6.57. The first-order valence-corrected chi connectivity index (χ1v) is 8.17. The molecule has 0 saturated heterocycles. The Kier molecular flexibility index (Phi) is 3.78. The number of H-pyrrole nitrogens is 1. The van der Waals surface area contributed by atoms with Crippen molar-refractivity contribution in [3.8, 4) is 0 Å². The van der Waals surface area contributed by atoms with E-state index in [-0.39, 0.29) is 11.4 Å². The zero-order chi connectivity index (χ0) is 16.8. The molecule has 2 aromatic rings. The van der Waals surface area contributed by atoms with Crippen LogP contribution in [0.5, 0.6) is 0 Å². The molecule has 1 aliphatic heterocycles. The fraction of sp³-hybridized carbons (Fsp3) is 0.474. The molecule has 1 N–H and O–H groups in total.